The predicted molar refractivity (Wildman–Crippen MR) is 64.3 cm³/mol. The van der Waals surface area contributed by atoms with Crippen molar-refractivity contribution in [2.45, 2.75) is 53.0 Å². The second-order valence-electron chi connectivity index (χ2n) is 4.72. The van der Waals surface area contributed by atoms with Crippen molar-refractivity contribution in [3.63, 3.8) is 0 Å². The van der Waals surface area contributed by atoms with Crippen molar-refractivity contribution >= 4 is 0 Å². The molecule has 0 radical (unpaired) electrons. The van der Waals surface area contributed by atoms with Crippen molar-refractivity contribution in [1.29, 1.82) is 0 Å². The Hall–Kier alpha value is -0.900. The summed E-state index contributed by atoms with van der Waals surface area (Å²) in [7, 11) is 0. The van der Waals surface area contributed by atoms with Crippen LogP contribution in [-0.2, 0) is 6.42 Å². The van der Waals surface area contributed by atoms with Crippen LogP contribution in [0.25, 0.3) is 0 Å². The lowest BCUT2D eigenvalue weighted by molar-refractivity contribution is 0.336. The number of hydrogen-bond acceptors (Lipinski definition) is 4. The third-order valence-electron chi connectivity index (χ3n) is 2.43. The summed E-state index contributed by atoms with van der Waals surface area (Å²) in [4.78, 5) is 4.25. The maximum Gasteiger partial charge on any atom is 0.228 e. The van der Waals surface area contributed by atoms with E-state index >= 15 is 0 Å². The average Bonchev–Trinajstić information content (AvgIpc) is 2.59. The second kappa shape index (κ2) is 6.63. The van der Waals surface area contributed by atoms with E-state index < -0.39 is 0 Å². The topological polar surface area (TPSA) is 51.0 Å². The van der Waals surface area contributed by atoms with Crippen molar-refractivity contribution in [3.8, 4) is 0 Å². The molecule has 0 spiro atoms. The van der Waals surface area contributed by atoms with Gasteiger partial charge in [-0.25, -0.2) is 0 Å². The fourth-order valence-corrected chi connectivity index (χ4v) is 1.79. The predicted octanol–water partition coefficient (Wildman–Crippen LogP) is 2.33. The lowest BCUT2D eigenvalue weighted by Gasteiger charge is -2.18. The first-order valence-corrected chi connectivity index (χ1v) is 6.14. The van der Waals surface area contributed by atoms with E-state index in [-0.39, 0.29) is 0 Å². The first kappa shape index (κ1) is 13.2. The molecule has 16 heavy (non-hydrogen) atoms. The Morgan fingerprint density at radius 1 is 1.38 bits per heavy atom. The van der Waals surface area contributed by atoms with Crippen molar-refractivity contribution in [1.82, 2.24) is 15.5 Å². The molecule has 1 aromatic heterocycles. The minimum Gasteiger partial charge on any atom is -0.339 e. The first-order valence-electron chi connectivity index (χ1n) is 6.14. The maximum atomic E-state index is 5.16. The highest BCUT2D eigenvalue weighted by Gasteiger charge is 2.14. The quantitative estimate of drug-likeness (QED) is 0.774. The van der Waals surface area contributed by atoms with Crippen LogP contribution in [0.2, 0.25) is 0 Å². The first-order chi connectivity index (χ1) is 7.61. The molecule has 0 aliphatic carbocycles. The minimum absolute atomic E-state index is 0.444. The van der Waals surface area contributed by atoms with Gasteiger partial charge in [-0.05, 0) is 32.2 Å². The number of nitrogens with zero attached hydrogens (tertiary/aromatic N) is 2. The van der Waals surface area contributed by atoms with Gasteiger partial charge in [0, 0.05) is 12.5 Å². The van der Waals surface area contributed by atoms with Gasteiger partial charge < -0.3 is 9.84 Å². The van der Waals surface area contributed by atoms with E-state index in [0.29, 0.717) is 17.8 Å². The molecule has 0 fully saturated rings. The van der Waals surface area contributed by atoms with E-state index in [4.69, 9.17) is 4.52 Å². The van der Waals surface area contributed by atoms with Crippen LogP contribution in [0, 0.1) is 12.8 Å². The summed E-state index contributed by atoms with van der Waals surface area (Å²) >= 11 is 0. The largest absolute Gasteiger partial charge is 0.339 e. The van der Waals surface area contributed by atoms with Crippen molar-refractivity contribution in [3.05, 3.63) is 11.7 Å². The van der Waals surface area contributed by atoms with Gasteiger partial charge in [-0.3, -0.25) is 0 Å². The summed E-state index contributed by atoms with van der Waals surface area (Å²) in [6, 6.07) is 0.444. The molecule has 0 amide bonds. The van der Waals surface area contributed by atoms with E-state index in [1.54, 1.807) is 0 Å². The number of aryl methyl sites for hydroxylation is 1. The molecular formula is C12H23N3O. The summed E-state index contributed by atoms with van der Waals surface area (Å²) in [5.74, 6) is 2.14. The molecule has 0 saturated heterocycles. The summed E-state index contributed by atoms with van der Waals surface area (Å²) in [5.41, 5.74) is 0. The maximum absolute atomic E-state index is 5.16. The number of aromatic nitrogens is 2. The summed E-state index contributed by atoms with van der Waals surface area (Å²) < 4.78 is 5.16. The highest BCUT2D eigenvalue weighted by Crippen LogP contribution is 2.10. The molecule has 1 unspecified atom stereocenters. The summed E-state index contributed by atoms with van der Waals surface area (Å²) in [5, 5.41) is 7.35. The third kappa shape index (κ3) is 4.75. The van der Waals surface area contributed by atoms with Gasteiger partial charge in [0.1, 0.15) is 0 Å². The normalized spacial score (nSPS) is 13.3. The molecule has 1 N–H and O–H groups in total. The highest BCUT2D eigenvalue weighted by molar-refractivity contribution is 4.87. The van der Waals surface area contributed by atoms with Crippen LogP contribution in [0.1, 0.15) is 45.3 Å². The Morgan fingerprint density at radius 3 is 2.62 bits per heavy atom. The van der Waals surface area contributed by atoms with Gasteiger partial charge in [-0.1, -0.05) is 25.9 Å². The van der Waals surface area contributed by atoms with E-state index in [2.05, 4.69) is 36.2 Å². The van der Waals surface area contributed by atoms with Crippen LogP contribution in [-0.4, -0.2) is 22.7 Å². The number of hydrogen-bond donors (Lipinski definition) is 1. The van der Waals surface area contributed by atoms with Gasteiger partial charge in [0.15, 0.2) is 5.82 Å². The van der Waals surface area contributed by atoms with E-state index in [9.17, 15) is 0 Å². The van der Waals surface area contributed by atoms with Gasteiger partial charge in [-0.2, -0.15) is 4.98 Å². The molecule has 1 atom stereocenters. The average molecular weight is 225 g/mol. The molecule has 92 valence electrons. The Bertz CT molecular complexity index is 296. The van der Waals surface area contributed by atoms with Crippen LogP contribution in [0.15, 0.2) is 4.52 Å². The molecule has 0 saturated carbocycles. The van der Waals surface area contributed by atoms with Gasteiger partial charge >= 0.3 is 0 Å². The molecule has 0 aliphatic rings. The fourth-order valence-electron chi connectivity index (χ4n) is 1.79. The SMILES string of the molecule is CCCNC(Cc1nc(C)no1)CC(C)C. The van der Waals surface area contributed by atoms with Crippen molar-refractivity contribution in [2.24, 2.45) is 5.92 Å². The van der Waals surface area contributed by atoms with Crippen molar-refractivity contribution in [2.75, 3.05) is 6.54 Å². The Labute approximate surface area is 97.8 Å². The minimum atomic E-state index is 0.444. The smallest absolute Gasteiger partial charge is 0.228 e. The Kier molecular flexibility index (Phi) is 5.46. The molecule has 4 nitrogen and oxygen atoms in total. The molecule has 0 aromatic carbocycles. The zero-order valence-electron chi connectivity index (χ0n) is 10.8. The zero-order chi connectivity index (χ0) is 12.0. The van der Waals surface area contributed by atoms with Crippen LogP contribution < -0.4 is 5.32 Å². The molecule has 1 rings (SSSR count). The zero-order valence-corrected chi connectivity index (χ0v) is 10.8. The van der Waals surface area contributed by atoms with Gasteiger partial charge in [0.25, 0.3) is 0 Å². The van der Waals surface area contributed by atoms with Crippen LogP contribution >= 0.6 is 0 Å². The number of rotatable bonds is 7. The lowest BCUT2D eigenvalue weighted by Crippen LogP contribution is -2.33. The number of nitrogens with one attached hydrogen (secondary N) is 1. The Balaban J connectivity index is 2.48. The standard InChI is InChI=1S/C12H23N3O/c1-5-6-13-11(7-9(2)3)8-12-14-10(4)15-16-12/h9,11,13H,5-8H2,1-4H3. The monoisotopic (exact) mass is 225 g/mol. The summed E-state index contributed by atoms with van der Waals surface area (Å²) in [6.07, 6.45) is 3.12. The van der Waals surface area contributed by atoms with Crippen LogP contribution in [0.4, 0.5) is 0 Å². The molecule has 4 heteroatoms. The second-order valence-corrected chi connectivity index (χ2v) is 4.72. The van der Waals surface area contributed by atoms with Gasteiger partial charge in [0.2, 0.25) is 5.89 Å². The molecular weight excluding hydrogens is 202 g/mol. The fraction of sp³-hybridized carbons (Fsp3) is 0.833. The molecule has 1 heterocycles. The highest BCUT2D eigenvalue weighted by atomic mass is 16.5. The van der Waals surface area contributed by atoms with Crippen molar-refractivity contribution < 1.29 is 4.52 Å². The lowest BCUT2D eigenvalue weighted by atomic mass is 10.0. The van der Waals surface area contributed by atoms with Crippen LogP contribution in [0.3, 0.4) is 0 Å². The molecule has 0 aliphatic heterocycles. The van der Waals surface area contributed by atoms with E-state index in [1.165, 1.54) is 0 Å². The third-order valence-corrected chi connectivity index (χ3v) is 2.43. The van der Waals surface area contributed by atoms with Gasteiger partial charge in [-0.15, -0.1) is 0 Å². The molecule has 0 bridgehead atoms. The van der Waals surface area contributed by atoms with Gasteiger partial charge in [0.05, 0.1) is 0 Å². The summed E-state index contributed by atoms with van der Waals surface area (Å²) in [6.45, 7) is 9.55. The Morgan fingerprint density at radius 2 is 2.12 bits per heavy atom. The molecule has 1 aromatic rings. The van der Waals surface area contributed by atoms with Crippen LogP contribution in [0.5, 0.6) is 0 Å². The van der Waals surface area contributed by atoms with E-state index in [0.717, 1.165) is 31.7 Å². The van der Waals surface area contributed by atoms with E-state index in [1.807, 2.05) is 6.92 Å².